The molecule has 0 radical (unpaired) electrons. The van der Waals surface area contributed by atoms with Crippen molar-refractivity contribution in [2.75, 3.05) is 0 Å². The van der Waals surface area contributed by atoms with E-state index in [2.05, 4.69) is 0 Å². The Hall–Kier alpha value is -3.71. The Labute approximate surface area is 183 Å². The van der Waals surface area contributed by atoms with Crippen LogP contribution in [0.15, 0.2) is 76.3 Å². The molecule has 0 spiro atoms. The summed E-state index contributed by atoms with van der Waals surface area (Å²) in [6.07, 6.45) is 0. The van der Waals surface area contributed by atoms with Crippen LogP contribution in [0.3, 0.4) is 0 Å². The summed E-state index contributed by atoms with van der Waals surface area (Å²) in [5, 5.41) is 12.2. The van der Waals surface area contributed by atoms with E-state index in [-0.39, 0.29) is 29.8 Å². The minimum absolute atomic E-state index is 0.126. The highest BCUT2D eigenvalue weighted by molar-refractivity contribution is 5.87. The molecule has 0 fully saturated rings. The molecule has 1 aromatic heterocycles. The topological polar surface area (TPSA) is 73.5 Å². The van der Waals surface area contributed by atoms with E-state index in [9.17, 15) is 19.2 Å². The zero-order chi connectivity index (χ0) is 22.8. The number of aromatic nitrogens is 2. The van der Waals surface area contributed by atoms with Crippen LogP contribution in [0, 0.1) is 5.82 Å². The summed E-state index contributed by atoms with van der Waals surface area (Å²) >= 11 is 0. The first-order valence-corrected chi connectivity index (χ1v) is 10.3. The molecule has 7 heteroatoms. The second kappa shape index (κ2) is 8.80. The van der Waals surface area contributed by atoms with E-state index in [1.807, 2.05) is 56.3 Å². The number of fused-ring (bicyclic) bond motifs is 1. The van der Waals surface area contributed by atoms with Gasteiger partial charge in [-0.2, -0.15) is 0 Å². The van der Waals surface area contributed by atoms with Gasteiger partial charge in [-0.15, -0.1) is 0 Å². The van der Waals surface area contributed by atoms with Crippen LogP contribution < -0.4 is 11.2 Å². The van der Waals surface area contributed by atoms with Gasteiger partial charge in [-0.25, -0.2) is 9.18 Å². The maximum atomic E-state index is 13.1. The zero-order valence-electron chi connectivity index (χ0n) is 17.8. The molecule has 1 N–H and O–H groups in total. The molecule has 164 valence electrons. The molecule has 0 amide bonds. The average molecular weight is 434 g/mol. The second-order valence-corrected chi connectivity index (χ2v) is 7.91. The molecule has 32 heavy (non-hydrogen) atoms. The fraction of sp³-hybridized carbons (Fsp3) is 0.200. The van der Waals surface area contributed by atoms with Gasteiger partial charge in [0.25, 0.3) is 5.56 Å². The molecule has 0 saturated carbocycles. The molecular weight excluding hydrogens is 411 g/mol. The minimum Gasteiger partial charge on any atom is -0.421 e. The maximum Gasteiger partial charge on any atom is 0.366 e. The van der Waals surface area contributed by atoms with E-state index in [4.69, 9.17) is 4.74 Å². The van der Waals surface area contributed by atoms with Crippen molar-refractivity contribution in [2.45, 2.75) is 33.1 Å². The highest BCUT2D eigenvalue weighted by Gasteiger charge is 2.22. The van der Waals surface area contributed by atoms with Crippen LogP contribution in [0.2, 0.25) is 0 Å². The lowest BCUT2D eigenvalue weighted by Gasteiger charge is -2.20. The van der Waals surface area contributed by atoms with E-state index in [1.54, 1.807) is 12.1 Å². The zero-order valence-corrected chi connectivity index (χ0v) is 17.8. The van der Waals surface area contributed by atoms with Gasteiger partial charge in [-0.3, -0.25) is 9.36 Å². The van der Waals surface area contributed by atoms with Crippen LogP contribution in [0.25, 0.3) is 22.0 Å². The average Bonchev–Trinajstić information content (AvgIpc) is 2.79. The molecule has 4 aromatic rings. The summed E-state index contributed by atoms with van der Waals surface area (Å²) in [4.78, 5) is 25.6. The minimum atomic E-state index is -0.887. The normalized spacial score (nSPS) is 11.4. The third kappa shape index (κ3) is 4.07. The Bertz CT molecular complexity index is 1390. The van der Waals surface area contributed by atoms with E-state index in [0.717, 1.165) is 16.3 Å². The molecule has 0 unspecified atom stereocenters. The summed E-state index contributed by atoms with van der Waals surface area (Å²) in [7, 11) is 0. The first-order chi connectivity index (χ1) is 15.4. The third-order valence-corrected chi connectivity index (χ3v) is 5.36. The van der Waals surface area contributed by atoms with Gasteiger partial charge in [0.2, 0.25) is 0 Å². The molecule has 3 aromatic carbocycles. The number of rotatable bonds is 6. The Balaban J connectivity index is 1.82. The highest BCUT2D eigenvalue weighted by atomic mass is 19.1. The van der Waals surface area contributed by atoms with Crippen molar-refractivity contribution < 1.29 is 14.3 Å². The molecule has 1 heterocycles. The lowest BCUT2D eigenvalue weighted by atomic mass is 9.96. The number of ether oxygens (including phenoxy) is 1. The summed E-state index contributed by atoms with van der Waals surface area (Å²) in [5.41, 5.74) is 0.489. The van der Waals surface area contributed by atoms with E-state index >= 15 is 0 Å². The van der Waals surface area contributed by atoms with Crippen molar-refractivity contribution >= 4 is 10.8 Å². The number of hydrogen-bond donors (Lipinski definition) is 1. The summed E-state index contributed by atoms with van der Waals surface area (Å²) in [5.74, 6) is -0.608. The molecule has 0 bridgehead atoms. The van der Waals surface area contributed by atoms with Gasteiger partial charge < -0.3 is 9.94 Å². The lowest BCUT2D eigenvalue weighted by molar-refractivity contribution is 0.0531. The van der Waals surface area contributed by atoms with E-state index < -0.39 is 11.2 Å². The lowest BCUT2D eigenvalue weighted by Crippen LogP contribution is -2.42. The molecular formula is C25H23FN2O4. The summed E-state index contributed by atoms with van der Waals surface area (Å²) in [6, 6.07) is 19.3. The second-order valence-electron chi connectivity index (χ2n) is 7.91. The van der Waals surface area contributed by atoms with Crippen LogP contribution in [0.5, 0.6) is 0 Å². The summed E-state index contributed by atoms with van der Waals surface area (Å²) in [6.45, 7) is 3.59. The van der Waals surface area contributed by atoms with Crippen LogP contribution in [-0.2, 0) is 18.1 Å². The molecule has 0 saturated heterocycles. The van der Waals surface area contributed by atoms with Crippen molar-refractivity contribution in [3.8, 4) is 11.3 Å². The Morgan fingerprint density at radius 3 is 2.34 bits per heavy atom. The molecule has 0 atom stereocenters. The Morgan fingerprint density at radius 1 is 0.969 bits per heavy atom. The van der Waals surface area contributed by atoms with Gasteiger partial charge in [-0.1, -0.05) is 67.1 Å². The molecule has 6 nitrogen and oxygen atoms in total. The van der Waals surface area contributed by atoms with Gasteiger partial charge in [0.15, 0.2) is 0 Å². The molecule has 0 aliphatic carbocycles. The molecule has 0 aliphatic rings. The van der Waals surface area contributed by atoms with Crippen molar-refractivity contribution in [3.05, 3.63) is 105 Å². The third-order valence-electron chi connectivity index (χ3n) is 5.36. The van der Waals surface area contributed by atoms with Crippen LogP contribution >= 0.6 is 0 Å². The van der Waals surface area contributed by atoms with Crippen molar-refractivity contribution in [2.24, 2.45) is 0 Å². The van der Waals surface area contributed by atoms with Crippen molar-refractivity contribution in [1.29, 1.82) is 0 Å². The fourth-order valence-corrected chi connectivity index (χ4v) is 3.78. The Kier molecular flexibility index (Phi) is 5.92. The van der Waals surface area contributed by atoms with Gasteiger partial charge in [0, 0.05) is 5.56 Å². The largest absolute Gasteiger partial charge is 0.421 e. The van der Waals surface area contributed by atoms with Crippen LogP contribution in [0.1, 0.15) is 30.9 Å². The standard InChI is InChI=1S/C25H23FN2O4/c1-16(2)22-23(20-10-9-18-5-3-4-6-19(18)13-20)27(25(30)28(31)24(22)29)15-32-14-17-7-11-21(26)12-8-17/h3-13,16,31H,14-15H2,1-2H3. The van der Waals surface area contributed by atoms with Gasteiger partial charge >= 0.3 is 5.69 Å². The van der Waals surface area contributed by atoms with Crippen LogP contribution in [0.4, 0.5) is 4.39 Å². The Morgan fingerprint density at radius 2 is 1.66 bits per heavy atom. The molecule has 4 rings (SSSR count). The van der Waals surface area contributed by atoms with Gasteiger partial charge in [0.1, 0.15) is 12.5 Å². The van der Waals surface area contributed by atoms with Crippen molar-refractivity contribution in [1.82, 2.24) is 9.30 Å². The maximum absolute atomic E-state index is 13.1. The van der Waals surface area contributed by atoms with E-state index in [0.29, 0.717) is 16.8 Å². The van der Waals surface area contributed by atoms with Gasteiger partial charge in [-0.05, 0) is 46.0 Å². The first-order valence-electron chi connectivity index (χ1n) is 10.3. The highest BCUT2D eigenvalue weighted by Crippen LogP contribution is 2.29. The number of hydrogen-bond acceptors (Lipinski definition) is 4. The van der Waals surface area contributed by atoms with E-state index in [1.165, 1.54) is 16.7 Å². The first kappa shape index (κ1) is 21.5. The number of nitrogens with zero attached hydrogens (tertiary/aromatic N) is 2. The smallest absolute Gasteiger partial charge is 0.366 e. The number of halogens is 1. The van der Waals surface area contributed by atoms with Crippen molar-refractivity contribution in [3.63, 3.8) is 0 Å². The summed E-state index contributed by atoms with van der Waals surface area (Å²) < 4.78 is 20.2. The number of benzene rings is 3. The fourth-order valence-electron chi connectivity index (χ4n) is 3.78. The van der Waals surface area contributed by atoms with Gasteiger partial charge in [0.05, 0.1) is 12.3 Å². The van der Waals surface area contributed by atoms with Crippen LogP contribution in [-0.4, -0.2) is 14.5 Å². The predicted octanol–water partition coefficient (Wildman–Crippen LogP) is 4.50. The SMILES string of the molecule is CC(C)c1c(-c2ccc3ccccc3c2)n(COCc2ccc(F)cc2)c(=O)n(O)c1=O. The predicted molar refractivity (Wildman–Crippen MR) is 120 cm³/mol. The monoisotopic (exact) mass is 434 g/mol. The molecule has 0 aliphatic heterocycles. The quantitative estimate of drug-likeness (QED) is 0.454.